The van der Waals surface area contributed by atoms with E-state index in [-0.39, 0.29) is 6.54 Å². The Morgan fingerprint density at radius 1 is 1.57 bits per heavy atom. The van der Waals surface area contributed by atoms with Crippen LogP contribution in [0.5, 0.6) is 0 Å². The van der Waals surface area contributed by atoms with Gasteiger partial charge < -0.3 is 5.32 Å². The summed E-state index contributed by atoms with van der Waals surface area (Å²) in [6.07, 6.45) is -2.17. The summed E-state index contributed by atoms with van der Waals surface area (Å²) < 4.78 is 11.9. The first-order valence-electron chi connectivity index (χ1n) is 2.31. The number of nitrogens with one attached hydrogen (secondary N) is 1. The number of hydrogen-bond donors (Lipinski definition) is 1. The maximum absolute atomic E-state index is 11.9. The van der Waals surface area contributed by atoms with Gasteiger partial charge in [0.05, 0.1) is 0 Å². The lowest BCUT2D eigenvalue weighted by Gasteiger charge is -1.95. The summed E-state index contributed by atoms with van der Waals surface area (Å²) in [7, 11) is 0. The van der Waals surface area contributed by atoms with Gasteiger partial charge in [0, 0.05) is 13.1 Å². The number of rotatable bonds is 0. The van der Waals surface area contributed by atoms with Crippen LogP contribution in [-0.2, 0) is 5.11 Å². The molecule has 0 saturated carbocycles. The first-order valence-corrected chi connectivity index (χ1v) is 2.31. The molecule has 1 aliphatic heterocycles. The fourth-order valence-corrected chi connectivity index (χ4v) is 0.623. The van der Waals surface area contributed by atoms with E-state index in [1.807, 2.05) is 0 Å². The van der Waals surface area contributed by atoms with E-state index in [0.29, 0.717) is 6.54 Å². The Labute approximate surface area is 41.3 Å². The van der Waals surface area contributed by atoms with Crippen LogP contribution in [0.15, 0.2) is 0 Å². The summed E-state index contributed by atoms with van der Waals surface area (Å²) in [4.78, 5) is 0. The van der Waals surface area contributed by atoms with Crippen molar-refractivity contribution in [3.05, 3.63) is 0 Å². The Kier molecular flexibility index (Phi) is 1.25. The summed E-state index contributed by atoms with van der Waals surface area (Å²) >= 11 is 0. The largest absolute Gasteiger partial charge is 0.311 e. The fourth-order valence-electron chi connectivity index (χ4n) is 0.623. The Balaban J connectivity index is 2.33. The Hall–Kier alpha value is -0.150. The lowest BCUT2D eigenvalue weighted by molar-refractivity contribution is 0.0506. The van der Waals surface area contributed by atoms with E-state index in [1.165, 1.54) is 0 Å². The molecule has 0 aliphatic carbocycles. The lowest BCUT2D eigenvalue weighted by Crippen LogP contribution is -2.16. The monoisotopic (exact) mass is 104 g/mol. The topological polar surface area (TPSA) is 31.9 Å². The predicted octanol–water partition coefficient (Wildman–Crippen LogP) is -0.273. The average Bonchev–Trinajstić information content (AvgIpc) is 1.91. The third-order valence-corrected chi connectivity index (χ3v) is 1.09. The van der Waals surface area contributed by atoms with Gasteiger partial charge in [0.15, 0.2) is 0 Å². The first-order chi connectivity index (χ1) is 3.30. The van der Waals surface area contributed by atoms with Gasteiger partial charge in [-0.1, -0.05) is 0 Å². The summed E-state index contributed by atoms with van der Waals surface area (Å²) in [6.45, 7) is 0.537. The maximum Gasteiger partial charge on any atom is 0.143 e. The Morgan fingerprint density at radius 3 is 2.43 bits per heavy atom. The van der Waals surface area contributed by atoms with Crippen molar-refractivity contribution in [2.75, 3.05) is 13.1 Å². The van der Waals surface area contributed by atoms with E-state index < -0.39 is 12.3 Å². The van der Waals surface area contributed by atoms with Crippen molar-refractivity contribution in [2.45, 2.75) is 12.3 Å². The minimum atomic E-state index is -1.15. The second-order valence-electron chi connectivity index (χ2n) is 1.71. The molecule has 1 rings (SSSR count). The second-order valence-corrected chi connectivity index (χ2v) is 1.71. The van der Waals surface area contributed by atoms with Crippen LogP contribution in [-0.4, -0.2) is 25.4 Å². The van der Waals surface area contributed by atoms with Gasteiger partial charge in [0.25, 0.3) is 0 Å². The van der Waals surface area contributed by atoms with Gasteiger partial charge >= 0.3 is 0 Å². The van der Waals surface area contributed by atoms with E-state index in [1.54, 1.807) is 0 Å². The lowest BCUT2D eigenvalue weighted by atomic mass is 10.3. The molecule has 0 spiro atoms. The second kappa shape index (κ2) is 1.76. The van der Waals surface area contributed by atoms with Crippen LogP contribution >= 0.6 is 0 Å². The van der Waals surface area contributed by atoms with Crippen LogP contribution < -0.4 is 5.32 Å². The Bertz CT molecular complexity index is 60.7. The third-order valence-electron chi connectivity index (χ3n) is 1.09. The molecule has 0 aromatic carbocycles. The fraction of sp³-hybridized carbons (Fsp3) is 1.00. The molecule has 2 atom stereocenters. The molecule has 0 bridgehead atoms. The van der Waals surface area contributed by atoms with Crippen LogP contribution in [0.4, 0.5) is 4.39 Å². The molecular formula is C4H7FNO. The van der Waals surface area contributed by atoms with Crippen molar-refractivity contribution in [1.29, 1.82) is 0 Å². The van der Waals surface area contributed by atoms with Gasteiger partial charge in [-0.3, -0.25) is 0 Å². The highest BCUT2D eigenvalue weighted by Gasteiger charge is 2.25. The molecular weight excluding hydrogens is 97.0 g/mol. The average molecular weight is 104 g/mol. The SMILES string of the molecule is [O]C1CNCC1F. The van der Waals surface area contributed by atoms with Crippen molar-refractivity contribution < 1.29 is 9.50 Å². The molecule has 0 amide bonds. The van der Waals surface area contributed by atoms with Gasteiger partial charge in [0.1, 0.15) is 12.3 Å². The zero-order valence-electron chi connectivity index (χ0n) is 3.86. The van der Waals surface area contributed by atoms with Crippen LogP contribution in [0.1, 0.15) is 0 Å². The quantitative estimate of drug-likeness (QED) is 0.450. The van der Waals surface area contributed by atoms with E-state index in [9.17, 15) is 9.50 Å². The van der Waals surface area contributed by atoms with Gasteiger partial charge in [-0.05, 0) is 0 Å². The van der Waals surface area contributed by atoms with Crippen LogP contribution in [0.2, 0.25) is 0 Å². The van der Waals surface area contributed by atoms with E-state index >= 15 is 0 Å². The standard InChI is InChI=1S/C4H7FNO/c5-3-1-6-2-4(3)7/h3-4,6H,1-2H2. The summed E-state index contributed by atoms with van der Waals surface area (Å²) in [6, 6.07) is 0. The van der Waals surface area contributed by atoms with Crippen LogP contribution in [0.3, 0.4) is 0 Å². The maximum atomic E-state index is 11.9. The molecule has 1 N–H and O–H groups in total. The first kappa shape index (κ1) is 5.00. The normalized spacial score (nSPS) is 42.0. The third kappa shape index (κ3) is 0.894. The van der Waals surface area contributed by atoms with Crippen molar-refractivity contribution in [1.82, 2.24) is 5.32 Å². The minimum Gasteiger partial charge on any atom is -0.311 e. The summed E-state index contributed by atoms with van der Waals surface area (Å²) in [5.74, 6) is 0. The minimum absolute atomic E-state index is 0.244. The Morgan fingerprint density at radius 2 is 2.29 bits per heavy atom. The van der Waals surface area contributed by atoms with E-state index in [4.69, 9.17) is 0 Å². The van der Waals surface area contributed by atoms with Gasteiger partial charge in [-0.2, -0.15) is 0 Å². The van der Waals surface area contributed by atoms with Crippen molar-refractivity contribution in [3.63, 3.8) is 0 Å². The summed E-state index contributed by atoms with van der Waals surface area (Å²) in [5.41, 5.74) is 0. The highest BCUT2D eigenvalue weighted by Crippen LogP contribution is 2.02. The van der Waals surface area contributed by atoms with Gasteiger partial charge in [0.2, 0.25) is 0 Å². The molecule has 1 fully saturated rings. The molecule has 1 saturated heterocycles. The molecule has 3 heteroatoms. The van der Waals surface area contributed by atoms with Crippen molar-refractivity contribution in [2.24, 2.45) is 0 Å². The molecule has 0 aromatic rings. The highest BCUT2D eigenvalue weighted by atomic mass is 19.1. The smallest absolute Gasteiger partial charge is 0.143 e. The molecule has 7 heavy (non-hydrogen) atoms. The number of hydrogen-bond acceptors (Lipinski definition) is 1. The highest BCUT2D eigenvalue weighted by molar-refractivity contribution is 4.78. The molecule has 0 aromatic heterocycles. The van der Waals surface area contributed by atoms with Crippen LogP contribution in [0, 0.1) is 0 Å². The van der Waals surface area contributed by atoms with Gasteiger partial charge in [-0.15, -0.1) is 0 Å². The molecule has 1 aliphatic rings. The summed E-state index contributed by atoms with van der Waals surface area (Å²) in [5, 5.41) is 12.9. The van der Waals surface area contributed by atoms with Crippen LogP contribution in [0.25, 0.3) is 0 Å². The molecule has 1 radical (unpaired) electrons. The van der Waals surface area contributed by atoms with Crippen molar-refractivity contribution >= 4 is 0 Å². The van der Waals surface area contributed by atoms with Gasteiger partial charge in [-0.25, -0.2) is 9.50 Å². The molecule has 2 unspecified atom stereocenters. The predicted molar refractivity (Wildman–Crippen MR) is 22.2 cm³/mol. The zero-order chi connectivity index (χ0) is 5.28. The zero-order valence-corrected chi connectivity index (χ0v) is 3.86. The van der Waals surface area contributed by atoms with E-state index in [2.05, 4.69) is 5.32 Å². The van der Waals surface area contributed by atoms with E-state index in [0.717, 1.165) is 0 Å². The molecule has 1 heterocycles. The molecule has 2 nitrogen and oxygen atoms in total. The number of alkyl halides is 1. The van der Waals surface area contributed by atoms with Crippen molar-refractivity contribution in [3.8, 4) is 0 Å². The number of halogens is 1. The molecule has 41 valence electrons.